The summed E-state index contributed by atoms with van der Waals surface area (Å²) < 4.78 is 11.9. The van der Waals surface area contributed by atoms with Crippen LogP contribution >= 0.6 is 11.6 Å². The third-order valence-electron chi connectivity index (χ3n) is 5.58. The molecule has 32 heavy (non-hydrogen) atoms. The molecule has 0 unspecified atom stereocenters. The van der Waals surface area contributed by atoms with E-state index in [4.69, 9.17) is 21.1 Å². The smallest absolute Gasteiger partial charge is 0.180 e. The van der Waals surface area contributed by atoms with Crippen molar-refractivity contribution >= 4 is 22.5 Å². The molecule has 0 aliphatic carbocycles. The van der Waals surface area contributed by atoms with Crippen LogP contribution in [0.4, 0.5) is 0 Å². The summed E-state index contributed by atoms with van der Waals surface area (Å²) >= 11 is 6.60. The monoisotopic (exact) mass is 448 g/mol. The summed E-state index contributed by atoms with van der Waals surface area (Å²) in [6.45, 7) is 6.62. The lowest BCUT2D eigenvalue weighted by atomic mass is 10.1. The number of benzene rings is 3. The number of rotatable bonds is 10. The zero-order chi connectivity index (χ0) is 22.3. The standard InChI is InChI=1S/C27H29ClN2O2/c1-3-31-26-15-20(14-24(28)27(26)32-18-22-9-5-4-8-19(22)2)16-29-13-12-21-17-30-25-11-7-6-10-23(21)25/h4-11,14-15,17,29-30H,3,12-13,16,18H2,1-2H3. The molecule has 1 heterocycles. The van der Waals surface area contributed by atoms with E-state index in [0.29, 0.717) is 36.3 Å². The minimum absolute atomic E-state index is 0.453. The summed E-state index contributed by atoms with van der Waals surface area (Å²) in [5.74, 6) is 1.28. The van der Waals surface area contributed by atoms with Crippen molar-refractivity contribution in [1.29, 1.82) is 0 Å². The lowest BCUT2D eigenvalue weighted by Crippen LogP contribution is -2.16. The number of hydrogen-bond acceptors (Lipinski definition) is 3. The van der Waals surface area contributed by atoms with Crippen molar-refractivity contribution in [3.63, 3.8) is 0 Å². The summed E-state index contributed by atoms with van der Waals surface area (Å²) in [4.78, 5) is 3.33. The first-order chi connectivity index (χ1) is 15.7. The van der Waals surface area contributed by atoms with Crippen LogP contribution in [0.5, 0.6) is 11.5 Å². The van der Waals surface area contributed by atoms with Crippen molar-refractivity contribution in [2.75, 3.05) is 13.2 Å². The molecule has 0 bridgehead atoms. The molecule has 0 atom stereocenters. The molecule has 2 N–H and O–H groups in total. The summed E-state index contributed by atoms with van der Waals surface area (Å²) in [6.07, 6.45) is 3.05. The fourth-order valence-corrected chi connectivity index (χ4v) is 4.13. The van der Waals surface area contributed by atoms with Crippen LogP contribution in [0, 0.1) is 6.92 Å². The van der Waals surface area contributed by atoms with Crippen LogP contribution in [0.25, 0.3) is 10.9 Å². The van der Waals surface area contributed by atoms with Gasteiger partial charge in [-0.15, -0.1) is 0 Å². The Morgan fingerprint density at radius 2 is 1.78 bits per heavy atom. The molecule has 0 saturated heterocycles. The third-order valence-corrected chi connectivity index (χ3v) is 5.86. The van der Waals surface area contributed by atoms with Gasteiger partial charge >= 0.3 is 0 Å². The number of H-pyrrole nitrogens is 1. The SMILES string of the molecule is CCOc1cc(CNCCc2c[nH]c3ccccc23)cc(Cl)c1OCc1ccccc1C. The first-order valence-corrected chi connectivity index (χ1v) is 11.4. The van der Waals surface area contributed by atoms with Gasteiger partial charge in [0.2, 0.25) is 0 Å². The molecular formula is C27H29ClN2O2. The number of nitrogens with one attached hydrogen (secondary N) is 2. The maximum Gasteiger partial charge on any atom is 0.180 e. The van der Waals surface area contributed by atoms with E-state index in [-0.39, 0.29) is 0 Å². The minimum Gasteiger partial charge on any atom is -0.490 e. The highest BCUT2D eigenvalue weighted by Crippen LogP contribution is 2.37. The zero-order valence-electron chi connectivity index (χ0n) is 18.6. The molecule has 0 spiro atoms. The lowest BCUT2D eigenvalue weighted by Gasteiger charge is -2.16. The molecule has 0 aliphatic heterocycles. The zero-order valence-corrected chi connectivity index (χ0v) is 19.3. The second-order valence-corrected chi connectivity index (χ2v) is 8.25. The molecule has 0 radical (unpaired) electrons. The number of hydrogen-bond donors (Lipinski definition) is 2. The number of fused-ring (bicyclic) bond motifs is 1. The summed E-state index contributed by atoms with van der Waals surface area (Å²) in [7, 11) is 0. The van der Waals surface area contributed by atoms with Gasteiger partial charge in [-0.1, -0.05) is 54.1 Å². The largest absolute Gasteiger partial charge is 0.490 e. The van der Waals surface area contributed by atoms with Crippen LogP contribution < -0.4 is 14.8 Å². The van der Waals surface area contributed by atoms with Crippen LogP contribution in [-0.2, 0) is 19.6 Å². The second kappa shape index (κ2) is 10.6. The van der Waals surface area contributed by atoms with E-state index in [1.54, 1.807) is 0 Å². The van der Waals surface area contributed by atoms with E-state index in [2.05, 4.69) is 59.8 Å². The highest BCUT2D eigenvalue weighted by molar-refractivity contribution is 6.32. The van der Waals surface area contributed by atoms with Crippen molar-refractivity contribution in [3.8, 4) is 11.5 Å². The third kappa shape index (κ3) is 5.26. The number of aromatic amines is 1. The first-order valence-electron chi connectivity index (χ1n) is 11.0. The fraction of sp³-hybridized carbons (Fsp3) is 0.259. The number of halogens is 1. The maximum atomic E-state index is 6.60. The summed E-state index contributed by atoms with van der Waals surface area (Å²) in [5.41, 5.74) is 5.89. The average Bonchev–Trinajstić information content (AvgIpc) is 3.21. The van der Waals surface area contributed by atoms with Crippen LogP contribution in [-0.4, -0.2) is 18.1 Å². The van der Waals surface area contributed by atoms with Gasteiger partial charge in [0.25, 0.3) is 0 Å². The Balaban J connectivity index is 1.39. The minimum atomic E-state index is 0.453. The van der Waals surface area contributed by atoms with E-state index in [9.17, 15) is 0 Å². The summed E-state index contributed by atoms with van der Waals surface area (Å²) in [6, 6.07) is 20.5. The van der Waals surface area contributed by atoms with Gasteiger partial charge in [-0.3, -0.25) is 0 Å². The number of aromatic nitrogens is 1. The van der Waals surface area contributed by atoms with Gasteiger partial charge in [-0.05, 0) is 67.3 Å². The highest BCUT2D eigenvalue weighted by Gasteiger charge is 2.13. The Labute approximate surface area is 194 Å². The van der Waals surface area contributed by atoms with E-state index in [1.165, 1.54) is 22.0 Å². The molecule has 0 fully saturated rings. The Kier molecular flexibility index (Phi) is 7.35. The van der Waals surface area contributed by atoms with Crippen LogP contribution in [0.2, 0.25) is 5.02 Å². The van der Waals surface area contributed by atoms with Gasteiger partial charge in [0.1, 0.15) is 6.61 Å². The van der Waals surface area contributed by atoms with Crippen molar-refractivity contribution < 1.29 is 9.47 Å². The fourth-order valence-electron chi connectivity index (χ4n) is 3.84. The molecule has 4 rings (SSSR count). The number of ether oxygens (including phenoxy) is 2. The van der Waals surface area contributed by atoms with Gasteiger partial charge in [0.15, 0.2) is 11.5 Å². The Morgan fingerprint density at radius 1 is 0.969 bits per heavy atom. The number of aryl methyl sites for hydroxylation is 1. The first kappa shape index (κ1) is 22.3. The van der Waals surface area contributed by atoms with Gasteiger partial charge in [0, 0.05) is 23.6 Å². The Hall–Kier alpha value is -2.95. The predicted molar refractivity (Wildman–Crippen MR) is 132 cm³/mol. The molecule has 3 aromatic carbocycles. The van der Waals surface area contributed by atoms with Crippen molar-refractivity contribution in [2.45, 2.75) is 33.4 Å². The van der Waals surface area contributed by atoms with Crippen molar-refractivity contribution in [1.82, 2.24) is 10.3 Å². The van der Waals surface area contributed by atoms with Crippen LogP contribution in [0.15, 0.2) is 66.9 Å². The van der Waals surface area contributed by atoms with Crippen LogP contribution in [0.3, 0.4) is 0 Å². The molecule has 166 valence electrons. The van der Waals surface area contributed by atoms with Crippen LogP contribution in [0.1, 0.15) is 29.2 Å². The maximum absolute atomic E-state index is 6.60. The topological polar surface area (TPSA) is 46.3 Å². The number of para-hydroxylation sites is 1. The quantitative estimate of drug-likeness (QED) is 0.274. The predicted octanol–water partition coefficient (Wildman–Crippen LogP) is 6.44. The highest BCUT2D eigenvalue weighted by atomic mass is 35.5. The second-order valence-electron chi connectivity index (χ2n) is 7.84. The van der Waals surface area contributed by atoms with Crippen molar-refractivity contribution in [2.24, 2.45) is 0 Å². The molecule has 0 aliphatic rings. The van der Waals surface area contributed by atoms with Gasteiger partial charge in [0.05, 0.1) is 11.6 Å². The van der Waals surface area contributed by atoms with Gasteiger partial charge < -0.3 is 19.8 Å². The molecule has 4 aromatic rings. The van der Waals surface area contributed by atoms with Crippen molar-refractivity contribution in [3.05, 3.63) is 94.1 Å². The normalized spacial score (nSPS) is 11.1. The van der Waals surface area contributed by atoms with E-state index in [1.807, 2.05) is 31.2 Å². The Morgan fingerprint density at radius 3 is 2.62 bits per heavy atom. The van der Waals surface area contributed by atoms with E-state index < -0.39 is 0 Å². The lowest BCUT2D eigenvalue weighted by molar-refractivity contribution is 0.269. The van der Waals surface area contributed by atoms with Gasteiger partial charge in [-0.2, -0.15) is 0 Å². The molecule has 0 saturated carbocycles. The molecule has 0 amide bonds. The molecule has 4 nitrogen and oxygen atoms in total. The molecule has 1 aromatic heterocycles. The molecular weight excluding hydrogens is 420 g/mol. The Bertz CT molecular complexity index is 1190. The van der Waals surface area contributed by atoms with E-state index >= 15 is 0 Å². The van der Waals surface area contributed by atoms with Gasteiger partial charge in [-0.25, -0.2) is 0 Å². The summed E-state index contributed by atoms with van der Waals surface area (Å²) in [5, 5.41) is 5.37. The molecule has 5 heteroatoms. The average molecular weight is 449 g/mol. The van der Waals surface area contributed by atoms with E-state index in [0.717, 1.165) is 24.1 Å².